The van der Waals surface area contributed by atoms with Crippen molar-refractivity contribution < 1.29 is 19.7 Å². The molecule has 2 rings (SSSR count). The first-order valence-electron chi connectivity index (χ1n) is 4.94. The molecule has 1 amide bonds. The topological polar surface area (TPSA) is 70.0 Å². The molecule has 1 aromatic carbocycles. The van der Waals surface area contributed by atoms with Crippen molar-refractivity contribution in [1.82, 2.24) is 0 Å². The van der Waals surface area contributed by atoms with E-state index in [0.717, 1.165) is 0 Å². The number of aliphatic hydroxyl groups is 1. The average Bonchev–Trinajstić information content (AvgIpc) is 2.56. The number of carbonyl (C=O) groups excluding carboxylic acids is 1. The fourth-order valence-corrected chi connectivity index (χ4v) is 1.73. The Morgan fingerprint density at radius 1 is 1.56 bits per heavy atom. The number of hydrogen-bond acceptors (Lipinski definition) is 4. The van der Waals surface area contributed by atoms with E-state index in [2.05, 4.69) is 0 Å². The highest BCUT2D eigenvalue weighted by molar-refractivity contribution is 5.91. The van der Waals surface area contributed by atoms with E-state index >= 15 is 0 Å². The van der Waals surface area contributed by atoms with Crippen LogP contribution in [-0.4, -0.2) is 35.1 Å². The Balaban J connectivity index is 2.41. The van der Waals surface area contributed by atoms with Crippen LogP contribution in [0.15, 0.2) is 24.3 Å². The predicted molar refractivity (Wildman–Crippen MR) is 57.4 cm³/mol. The second-order valence-electron chi connectivity index (χ2n) is 4.06. The highest BCUT2D eigenvalue weighted by atomic mass is 16.6. The maximum Gasteiger partial charge on any atom is 0.415 e. The summed E-state index contributed by atoms with van der Waals surface area (Å²) in [6.45, 7) is 1.66. The highest BCUT2D eigenvalue weighted by Crippen LogP contribution is 2.31. The van der Waals surface area contributed by atoms with Crippen molar-refractivity contribution in [3.63, 3.8) is 0 Å². The van der Waals surface area contributed by atoms with Gasteiger partial charge in [-0.25, -0.2) is 4.79 Å². The molecule has 1 atom stereocenters. The molecule has 1 aliphatic rings. The Kier molecular flexibility index (Phi) is 2.47. The van der Waals surface area contributed by atoms with Gasteiger partial charge in [0.1, 0.15) is 17.9 Å². The van der Waals surface area contributed by atoms with Crippen molar-refractivity contribution in [3.8, 4) is 5.75 Å². The normalized spacial score (nSPS) is 24.6. The van der Waals surface area contributed by atoms with Crippen LogP contribution in [0.5, 0.6) is 5.75 Å². The Morgan fingerprint density at radius 2 is 2.31 bits per heavy atom. The van der Waals surface area contributed by atoms with Crippen molar-refractivity contribution in [2.75, 3.05) is 18.1 Å². The molecule has 5 heteroatoms. The molecular weight excluding hydrogens is 210 g/mol. The lowest BCUT2D eigenvalue weighted by molar-refractivity contribution is 0.155. The van der Waals surface area contributed by atoms with Gasteiger partial charge in [-0.1, -0.05) is 6.07 Å². The second kappa shape index (κ2) is 3.68. The van der Waals surface area contributed by atoms with Crippen molar-refractivity contribution in [3.05, 3.63) is 24.3 Å². The number of aliphatic hydroxyl groups excluding tert-OH is 1. The van der Waals surface area contributed by atoms with E-state index in [1.807, 2.05) is 0 Å². The molecule has 1 aliphatic heterocycles. The minimum absolute atomic E-state index is 0.0671. The smallest absolute Gasteiger partial charge is 0.415 e. The zero-order chi connectivity index (χ0) is 11.8. The van der Waals surface area contributed by atoms with Crippen molar-refractivity contribution in [2.24, 2.45) is 0 Å². The number of phenolic OH excluding ortho intramolecular Hbond substituents is 1. The summed E-state index contributed by atoms with van der Waals surface area (Å²) in [4.78, 5) is 12.9. The molecule has 0 spiro atoms. The summed E-state index contributed by atoms with van der Waals surface area (Å²) < 4.78 is 4.91. The molecule has 0 aliphatic carbocycles. The van der Waals surface area contributed by atoms with Gasteiger partial charge in [-0.15, -0.1) is 0 Å². The Bertz CT molecular complexity index is 420. The highest BCUT2D eigenvalue weighted by Gasteiger charge is 2.44. The maximum atomic E-state index is 11.6. The van der Waals surface area contributed by atoms with E-state index in [1.165, 1.54) is 17.0 Å². The third kappa shape index (κ3) is 1.59. The Morgan fingerprint density at radius 3 is 2.94 bits per heavy atom. The lowest BCUT2D eigenvalue weighted by atomic mass is 10.0. The zero-order valence-electron chi connectivity index (χ0n) is 8.88. The molecule has 1 heterocycles. The van der Waals surface area contributed by atoms with Crippen LogP contribution in [0.2, 0.25) is 0 Å². The van der Waals surface area contributed by atoms with Crippen LogP contribution in [0.4, 0.5) is 10.5 Å². The molecule has 16 heavy (non-hydrogen) atoms. The van der Waals surface area contributed by atoms with Gasteiger partial charge in [-0.05, 0) is 19.1 Å². The van der Waals surface area contributed by atoms with Gasteiger partial charge < -0.3 is 14.9 Å². The van der Waals surface area contributed by atoms with E-state index in [0.29, 0.717) is 5.69 Å². The van der Waals surface area contributed by atoms with E-state index in [9.17, 15) is 15.0 Å². The van der Waals surface area contributed by atoms with E-state index in [4.69, 9.17) is 4.74 Å². The Labute approximate surface area is 92.9 Å². The monoisotopic (exact) mass is 223 g/mol. The maximum absolute atomic E-state index is 11.6. The lowest BCUT2D eigenvalue weighted by Gasteiger charge is -2.29. The number of cyclic esters (lactones) is 1. The Hall–Kier alpha value is -1.75. The molecule has 0 radical (unpaired) electrons. The number of anilines is 1. The minimum Gasteiger partial charge on any atom is -0.508 e. The number of benzene rings is 1. The van der Waals surface area contributed by atoms with E-state index in [1.54, 1.807) is 19.1 Å². The molecular formula is C11H13NO4. The predicted octanol–water partition coefficient (Wildman–Crippen LogP) is 1.10. The molecule has 2 N–H and O–H groups in total. The largest absolute Gasteiger partial charge is 0.508 e. The first-order chi connectivity index (χ1) is 7.57. The quantitative estimate of drug-likeness (QED) is 0.787. The van der Waals surface area contributed by atoms with Gasteiger partial charge in [0, 0.05) is 6.07 Å². The van der Waals surface area contributed by atoms with Gasteiger partial charge in [0.2, 0.25) is 0 Å². The third-order valence-corrected chi connectivity index (χ3v) is 2.66. The summed E-state index contributed by atoms with van der Waals surface area (Å²) in [5.74, 6) is 0.0671. The number of rotatable bonds is 2. The van der Waals surface area contributed by atoms with Gasteiger partial charge in [-0.2, -0.15) is 0 Å². The van der Waals surface area contributed by atoms with Crippen LogP contribution >= 0.6 is 0 Å². The first-order valence-corrected chi connectivity index (χ1v) is 4.94. The summed E-state index contributed by atoms with van der Waals surface area (Å²) in [7, 11) is 0. The fourth-order valence-electron chi connectivity index (χ4n) is 1.73. The number of hydrogen-bond donors (Lipinski definition) is 2. The average molecular weight is 223 g/mol. The number of ether oxygens (including phenoxy) is 1. The first kappa shape index (κ1) is 10.8. The van der Waals surface area contributed by atoms with Crippen molar-refractivity contribution in [1.29, 1.82) is 0 Å². The molecule has 1 aromatic rings. The molecule has 86 valence electrons. The van der Waals surface area contributed by atoms with Crippen LogP contribution in [0.1, 0.15) is 6.92 Å². The molecule has 5 nitrogen and oxygen atoms in total. The van der Waals surface area contributed by atoms with Crippen LogP contribution in [0.3, 0.4) is 0 Å². The van der Waals surface area contributed by atoms with Crippen molar-refractivity contribution >= 4 is 11.8 Å². The number of amides is 1. The SMILES string of the molecule is CC1(CO)COC(=O)N1c1cccc(O)c1. The molecule has 1 saturated heterocycles. The molecule has 0 saturated carbocycles. The second-order valence-corrected chi connectivity index (χ2v) is 4.06. The van der Waals surface area contributed by atoms with Gasteiger partial charge >= 0.3 is 6.09 Å². The van der Waals surface area contributed by atoms with Gasteiger partial charge in [0.25, 0.3) is 0 Å². The van der Waals surface area contributed by atoms with Crippen LogP contribution < -0.4 is 4.90 Å². The fraction of sp³-hybridized carbons (Fsp3) is 0.364. The van der Waals surface area contributed by atoms with E-state index in [-0.39, 0.29) is 19.0 Å². The molecule has 0 bridgehead atoms. The van der Waals surface area contributed by atoms with Crippen molar-refractivity contribution in [2.45, 2.75) is 12.5 Å². The lowest BCUT2D eigenvalue weighted by Crippen LogP contribution is -2.47. The van der Waals surface area contributed by atoms with Gasteiger partial charge in [0.15, 0.2) is 0 Å². The van der Waals surface area contributed by atoms with Gasteiger partial charge in [-0.3, -0.25) is 4.90 Å². The number of aromatic hydroxyl groups is 1. The number of carbonyl (C=O) groups is 1. The van der Waals surface area contributed by atoms with Crippen LogP contribution in [-0.2, 0) is 4.74 Å². The molecule has 1 unspecified atom stereocenters. The molecule has 0 aromatic heterocycles. The number of nitrogens with zero attached hydrogens (tertiary/aromatic N) is 1. The minimum atomic E-state index is -0.773. The van der Waals surface area contributed by atoms with Crippen LogP contribution in [0, 0.1) is 0 Å². The third-order valence-electron chi connectivity index (χ3n) is 2.66. The standard InChI is InChI=1S/C11H13NO4/c1-11(6-13)7-16-10(15)12(11)8-3-2-4-9(14)5-8/h2-5,13-14H,6-7H2,1H3. The summed E-state index contributed by atoms with van der Waals surface area (Å²) in [5.41, 5.74) is -0.260. The summed E-state index contributed by atoms with van der Waals surface area (Å²) >= 11 is 0. The summed E-state index contributed by atoms with van der Waals surface area (Å²) in [5, 5.41) is 18.7. The summed E-state index contributed by atoms with van der Waals surface area (Å²) in [6.07, 6.45) is -0.512. The van der Waals surface area contributed by atoms with Gasteiger partial charge in [0.05, 0.1) is 12.3 Å². The van der Waals surface area contributed by atoms with Crippen LogP contribution in [0.25, 0.3) is 0 Å². The molecule has 1 fully saturated rings. The van der Waals surface area contributed by atoms with E-state index < -0.39 is 11.6 Å². The zero-order valence-corrected chi connectivity index (χ0v) is 8.88. The summed E-state index contributed by atoms with van der Waals surface area (Å²) in [6, 6.07) is 6.29. The number of phenols is 1.